The van der Waals surface area contributed by atoms with E-state index < -0.39 is 21.6 Å². The quantitative estimate of drug-likeness (QED) is 0.126. The van der Waals surface area contributed by atoms with Crippen LogP contribution in [0.1, 0.15) is 163 Å². The van der Waals surface area contributed by atoms with Gasteiger partial charge < -0.3 is 0 Å². The zero-order chi connectivity index (χ0) is 37.2. The van der Waals surface area contributed by atoms with E-state index in [1.807, 2.05) is 0 Å². The summed E-state index contributed by atoms with van der Waals surface area (Å²) in [5.74, 6) is 1.87. The molecule has 0 heterocycles. The average Bonchev–Trinajstić information content (AvgIpc) is 3.05. The van der Waals surface area contributed by atoms with Crippen molar-refractivity contribution in [3.05, 3.63) is 105 Å². The summed E-state index contributed by atoms with van der Waals surface area (Å²) in [7, 11) is -2.63. The van der Waals surface area contributed by atoms with E-state index >= 15 is 0 Å². The van der Waals surface area contributed by atoms with Gasteiger partial charge in [0.15, 0.2) is 0 Å². The Morgan fingerprint density at radius 2 is 0.700 bits per heavy atom. The van der Waals surface area contributed by atoms with Crippen LogP contribution in [0.3, 0.4) is 0 Å². The average molecular weight is 841 g/mol. The fraction of sp³-hybridized carbons (Fsp3) is 0.455. The Kier molecular flexibility index (Phi) is 14.2. The number of hydrogen-bond acceptors (Lipinski definition) is 2. The van der Waals surface area contributed by atoms with Crippen molar-refractivity contribution in [1.29, 1.82) is 0 Å². The van der Waals surface area contributed by atoms with Crippen LogP contribution >= 0.6 is 0 Å². The van der Waals surface area contributed by atoms with E-state index in [1.165, 1.54) is 53.4 Å². The number of rotatable bonds is 13. The van der Waals surface area contributed by atoms with Gasteiger partial charge in [-0.15, -0.1) is 0 Å². The van der Waals surface area contributed by atoms with E-state index in [9.17, 15) is 8.42 Å². The molecule has 0 aliphatic carbocycles. The Morgan fingerprint density at radius 1 is 0.420 bits per heavy atom. The summed E-state index contributed by atoms with van der Waals surface area (Å²) < 4.78 is 32.2. The summed E-state index contributed by atoms with van der Waals surface area (Å²) in [5.41, 5.74) is 9.79. The molecular weight excluding hydrogens is 783 g/mol. The summed E-state index contributed by atoms with van der Waals surface area (Å²) in [6.45, 7) is 31.0. The van der Waals surface area contributed by atoms with Gasteiger partial charge in [-0.3, -0.25) is 0 Å². The van der Waals surface area contributed by atoms with Crippen LogP contribution in [0.15, 0.2) is 80.2 Å². The molecule has 0 saturated carbocycles. The first-order valence-electron chi connectivity index (χ1n) is 18.2. The molecule has 0 amide bonds. The van der Waals surface area contributed by atoms with Gasteiger partial charge in [0.25, 0.3) is 0 Å². The first-order chi connectivity index (χ1) is 23.4. The van der Waals surface area contributed by atoms with Gasteiger partial charge >= 0.3 is 322 Å². The third-order valence-corrected chi connectivity index (χ3v) is 20.3. The fourth-order valence-electron chi connectivity index (χ4n) is 6.18. The first-order valence-corrected chi connectivity index (χ1v) is 26.5. The third-order valence-electron chi connectivity index (χ3n) is 9.35. The fourth-order valence-corrected chi connectivity index (χ4v) is 19.1. The van der Waals surface area contributed by atoms with Crippen LogP contribution in [0.5, 0.6) is 0 Å². The second-order valence-electron chi connectivity index (χ2n) is 15.6. The molecule has 0 fully saturated rings. The number of benzene rings is 4. The van der Waals surface area contributed by atoms with Gasteiger partial charge in [-0.25, -0.2) is 0 Å². The molecule has 0 saturated heterocycles. The van der Waals surface area contributed by atoms with Crippen molar-refractivity contribution >= 4 is 56.8 Å². The van der Waals surface area contributed by atoms with Crippen molar-refractivity contribution in [3.8, 4) is 0 Å². The molecule has 0 radical (unpaired) electrons. The van der Waals surface area contributed by atoms with E-state index in [0.29, 0.717) is 11.8 Å². The Morgan fingerprint density at radius 3 is 0.940 bits per heavy atom. The summed E-state index contributed by atoms with van der Waals surface area (Å²) >= 11 is 0.0712. The molecule has 4 aromatic rings. The van der Waals surface area contributed by atoms with Gasteiger partial charge in [0.1, 0.15) is 0 Å². The molecular formula is C44H58O2S2Se2. The van der Waals surface area contributed by atoms with Gasteiger partial charge in [-0.2, -0.15) is 0 Å². The normalized spacial score (nSPS) is 13.4. The van der Waals surface area contributed by atoms with Crippen molar-refractivity contribution in [2.24, 2.45) is 0 Å². The molecule has 0 unspecified atom stereocenters. The van der Waals surface area contributed by atoms with E-state index in [-0.39, 0.29) is 49.9 Å². The van der Waals surface area contributed by atoms with Crippen LogP contribution in [0, 0.1) is 13.8 Å². The van der Waals surface area contributed by atoms with Gasteiger partial charge in [-0.05, 0) is 0 Å². The van der Waals surface area contributed by atoms with Crippen LogP contribution in [0.2, 0.25) is 0 Å². The molecule has 0 N–H and O–H groups in total. The molecule has 50 heavy (non-hydrogen) atoms. The van der Waals surface area contributed by atoms with Crippen molar-refractivity contribution in [1.82, 2.24) is 0 Å². The van der Waals surface area contributed by atoms with Crippen LogP contribution in [0.25, 0.3) is 0 Å². The molecule has 2 nitrogen and oxygen atoms in total. The molecule has 0 bridgehead atoms. The standard InChI is InChI=1S/C44H58O2S2Se2/c1-25(2)33-21-35(27(5)6)43(36(22-33)28(7)8)47(45)39-17-15-31(13)19-41(39)49-50-42-20-32(14)16-18-40(42)48(46)44-37(29(9)10)23-34(26(3)4)24-38(44)30(11)12/h15-30H,1-14H3/t47-,48-/m1/s1. The first kappa shape index (κ1) is 41.0. The molecule has 0 aliphatic rings. The molecule has 2 atom stereocenters. The summed E-state index contributed by atoms with van der Waals surface area (Å²) in [6.07, 6.45) is 0. The maximum atomic E-state index is 14.9. The monoisotopic (exact) mass is 842 g/mol. The van der Waals surface area contributed by atoms with Gasteiger partial charge in [0.05, 0.1) is 0 Å². The Bertz CT molecular complexity index is 1690. The molecule has 0 spiro atoms. The molecule has 4 aromatic carbocycles. The minimum absolute atomic E-state index is 0.0356. The van der Waals surface area contributed by atoms with Crippen molar-refractivity contribution in [2.45, 2.75) is 152 Å². The van der Waals surface area contributed by atoms with E-state index in [2.05, 4.69) is 158 Å². The SMILES string of the molecule is Cc1ccc([S@@](=O)c2c(C(C)C)cc(C(C)C)cc2C(C)C)c([Se][Se]c2cc(C)ccc2[S@@](=O)c2c(C(C)C)cc(C(C)C)cc2C(C)C)c1. The van der Waals surface area contributed by atoms with E-state index in [1.54, 1.807) is 0 Å². The predicted octanol–water partition coefficient (Wildman–Crippen LogP) is 10.7. The second kappa shape index (κ2) is 17.4. The van der Waals surface area contributed by atoms with Crippen LogP contribution in [0.4, 0.5) is 0 Å². The third kappa shape index (κ3) is 9.22. The Labute approximate surface area is 320 Å². The van der Waals surface area contributed by atoms with Crippen molar-refractivity contribution in [2.75, 3.05) is 0 Å². The predicted molar refractivity (Wildman–Crippen MR) is 220 cm³/mol. The van der Waals surface area contributed by atoms with Crippen LogP contribution in [-0.4, -0.2) is 34.7 Å². The van der Waals surface area contributed by atoms with Gasteiger partial charge in [-0.1, -0.05) is 0 Å². The second-order valence-corrected chi connectivity index (χ2v) is 24.5. The zero-order valence-corrected chi connectivity index (χ0v) is 37.7. The molecule has 0 aromatic heterocycles. The van der Waals surface area contributed by atoms with Gasteiger partial charge in [0.2, 0.25) is 0 Å². The molecule has 270 valence electrons. The van der Waals surface area contributed by atoms with E-state index in [0.717, 1.165) is 19.6 Å². The topological polar surface area (TPSA) is 34.1 Å². The van der Waals surface area contributed by atoms with Crippen LogP contribution < -0.4 is 8.92 Å². The minimum atomic E-state index is -1.32. The Balaban J connectivity index is 1.82. The van der Waals surface area contributed by atoms with Crippen molar-refractivity contribution in [3.63, 3.8) is 0 Å². The number of aryl methyl sites for hydroxylation is 2. The molecule has 6 heteroatoms. The summed E-state index contributed by atoms with van der Waals surface area (Å²) in [6, 6.07) is 22.2. The van der Waals surface area contributed by atoms with Crippen LogP contribution in [-0.2, 0) is 21.6 Å². The molecule has 4 rings (SSSR count). The van der Waals surface area contributed by atoms with Crippen molar-refractivity contribution < 1.29 is 8.42 Å². The van der Waals surface area contributed by atoms with E-state index in [4.69, 9.17) is 0 Å². The summed E-state index contributed by atoms with van der Waals surface area (Å²) in [4.78, 5) is 3.86. The van der Waals surface area contributed by atoms with Gasteiger partial charge in [0, 0.05) is 0 Å². The molecule has 0 aliphatic heterocycles. The number of hydrogen-bond donors (Lipinski definition) is 0. The summed E-state index contributed by atoms with van der Waals surface area (Å²) in [5, 5.41) is 0. The zero-order valence-electron chi connectivity index (χ0n) is 32.7. The maximum absolute atomic E-state index is 14.9. The Hall–Kier alpha value is -1.78.